The second-order valence-corrected chi connectivity index (χ2v) is 7.60. The average molecular weight is 391 g/mol. The summed E-state index contributed by atoms with van der Waals surface area (Å²) in [6.45, 7) is 2.58. The van der Waals surface area contributed by atoms with Crippen LogP contribution in [0, 0.1) is 5.41 Å². The van der Waals surface area contributed by atoms with Crippen LogP contribution in [-0.2, 0) is 4.79 Å². The van der Waals surface area contributed by atoms with Gasteiger partial charge in [-0.15, -0.1) is 11.3 Å². The lowest BCUT2D eigenvalue weighted by atomic mass is 9.95. The SMILES string of the molecule is CCC(C(=O)Nc1ccc(N2CNc3sccc3C2=N)cc1)c1ccccc1. The smallest absolute Gasteiger partial charge is 0.231 e. The summed E-state index contributed by atoms with van der Waals surface area (Å²) in [5.41, 5.74) is 3.62. The molecule has 28 heavy (non-hydrogen) atoms. The summed E-state index contributed by atoms with van der Waals surface area (Å²) < 4.78 is 0. The maximum Gasteiger partial charge on any atom is 0.231 e. The molecule has 3 aromatic rings. The zero-order chi connectivity index (χ0) is 19.5. The standard InChI is InChI=1S/C22H22N4OS/c1-2-18(15-6-4-3-5-7-15)21(27)25-16-8-10-17(11-9-16)26-14-24-22-19(20(26)23)12-13-28-22/h3-13,18,23-24H,2,14H2,1H3,(H,25,27). The first-order valence-electron chi connectivity index (χ1n) is 9.31. The molecular weight excluding hydrogens is 368 g/mol. The Bertz CT molecular complexity index is 981. The zero-order valence-electron chi connectivity index (χ0n) is 15.6. The van der Waals surface area contributed by atoms with E-state index in [0.717, 1.165) is 33.9 Å². The lowest BCUT2D eigenvalue weighted by molar-refractivity contribution is -0.117. The highest BCUT2D eigenvalue weighted by Gasteiger charge is 2.23. The molecule has 0 radical (unpaired) electrons. The summed E-state index contributed by atoms with van der Waals surface area (Å²) in [6, 6.07) is 19.5. The van der Waals surface area contributed by atoms with Crippen LogP contribution in [0.15, 0.2) is 66.0 Å². The molecule has 0 saturated carbocycles. The van der Waals surface area contributed by atoms with Crippen molar-refractivity contribution in [1.29, 1.82) is 5.41 Å². The number of rotatable bonds is 5. The van der Waals surface area contributed by atoms with Gasteiger partial charge in [0.15, 0.2) is 0 Å². The summed E-state index contributed by atoms with van der Waals surface area (Å²) in [7, 11) is 0. The number of amides is 1. The summed E-state index contributed by atoms with van der Waals surface area (Å²) >= 11 is 1.61. The molecule has 142 valence electrons. The van der Waals surface area contributed by atoms with Gasteiger partial charge in [0, 0.05) is 11.4 Å². The Labute approximate surface area is 168 Å². The topological polar surface area (TPSA) is 68.2 Å². The normalized spacial score (nSPS) is 14.2. The third-order valence-corrected chi connectivity index (χ3v) is 5.83. The highest BCUT2D eigenvalue weighted by molar-refractivity contribution is 7.14. The first kappa shape index (κ1) is 18.3. The molecule has 2 heterocycles. The van der Waals surface area contributed by atoms with Crippen molar-refractivity contribution in [2.45, 2.75) is 19.3 Å². The molecule has 5 nitrogen and oxygen atoms in total. The van der Waals surface area contributed by atoms with Crippen LogP contribution in [0.5, 0.6) is 0 Å². The fraction of sp³-hybridized carbons (Fsp3) is 0.182. The van der Waals surface area contributed by atoms with E-state index in [2.05, 4.69) is 10.6 Å². The molecule has 4 rings (SSSR count). The number of benzene rings is 2. The van der Waals surface area contributed by atoms with Crippen molar-refractivity contribution in [3.8, 4) is 0 Å². The van der Waals surface area contributed by atoms with Gasteiger partial charge in [-0.3, -0.25) is 10.2 Å². The first-order chi connectivity index (χ1) is 13.7. The van der Waals surface area contributed by atoms with Crippen LogP contribution < -0.4 is 15.5 Å². The Morgan fingerprint density at radius 3 is 2.64 bits per heavy atom. The van der Waals surface area contributed by atoms with E-state index in [1.165, 1.54) is 0 Å². The van der Waals surface area contributed by atoms with Crippen molar-refractivity contribution in [1.82, 2.24) is 0 Å². The minimum absolute atomic E-state index is 0.00301. The second-order valence-electron chi connectivity index (χ2n) is 6.68. The molecule has 0 fully saturated rings. The van der Waals surface area contributed by atoms with Crippen molar-refractivity contribution >= 4 is 39.5 Å². The van der Waals surface area contributed by atoms with Gasteiger partial charge in [-0.05, 0) is 47.7 Å². The van der Waals surface area contributed by atoms with E-state index in [9.17, 15) is 4.79 Å². The Morgan fingerprint density at radius 1 is 1.18 bits per heavy atom. The highest BCUT2D eigenvalue weighted by Crippen LogP contribution is 2.31. The summed E-state index contributed by atoms with van der Waals surface area (Å²) in [5.74, 6) is 0.316. The maximum atomic E-state index is 12.7. The number of carbonyl (C=O) groups is 1. The van der Waals surface area contributed by atoms with Gasteiger partial charge < -0.3 is 15.5 Å². The lowest BCUT2D eigenvalue weighted by Gasteiger charge is -2.30. The van der Waals surface area contributed by atoms with Crippen molar-refractivity contribution in [3.05, 3.63) is 77.2 Å². The van der Waals surface area contributed by atoms with Gasteiger partial charge >= 0.3 is 0 Å². The van der Waals surface area contributed by atoms with Gasteiger partial charge in [-0.1, -0.05) is 37.3 Å². The van der Waals surface area contributed by atoms with E-state index >= 15 is 0 Å². The molecule has 1 aliphatic rings. The Balaban J connectivity index is 1.46. The number of fused-ring (bicyclic) bond motifs is 1. The molecule has 0 aliphatic carbocycles. The molecule has 1 aliphatic heterocycles. The Hall–Kier alpha value is -3.12. The fourth-order valence-corrected chi connectivity index (χ4v) is 4.22. The third-order valence-electron chi connectivity index (χ3n) is 4.96. The van der Waals surface area contributed by atoms with Crippen molar-refractivity contribution < 1.29 is 4.79 Å². The summed E-state index contributed by atoms with van der Waals surface area (Å²) in [6.07, 6.45) is 0.744. The number of nitrogens with zero attached hydrogens (tertiary/aromatic N) is 1. The molecule has 1 aromatic heterocycles. The van der Waals surface area contributed by atoms with Gasteiger partial charge in [0.25, 0.3) is 0 Å². The van der Waals surface area contributed by atoms with E-state index in [1.54, 1.807) is 11.3 Å². The molecule has 6 heteroatoms. The molecule has 0 bridgehead atoms. The van der Waals surface area contributed by atoms with E-state index in [4.69, 9.17) is 5.41 Å². The highest BCUT2D eigenvalue weighted by atomic mass is 32.1. The van der Waals surface area contributed by atoms with Crippen LogP contribution in [0.1, 0.15) is 30.4 Å². The van der Waals surface area contributed by atoms with Crippen LogP contribution in [0.3, 0.4) is 0 Å². The second kappa shape index (κ2) is 7.86. The first-order valence-corrected chi connectivity index (χ1v) is 10.2. The molecule has 0 spiro atoms. The number of anilines is 3. The van der Waals surface area contributed by atoms with Gasteiger partial charge in [-0.2, -0.15) is 0 Å². The van der Waals surface area contributed by atoms with Gasteiger partial charge in [-0.25, -0.2) is 0 Å². The van der Waals surface area contributed by atoms with Crippen molar-refractivity contribution in [2.75, 3.05) is 22.2 Å². The zero-order valence-corrected chi connectivity index (χ0v) is 16.4. The molecule has 1 amide bonds. The fourth-order valence-electron chi connectivity index (χ4n) is 3.44. The van der Waals surface area contributed by atoms with Crippen molar-refractivity contribution in [3.63, 3.8) is 0 Å². The molecular formula is C22H22N4OS. The van der Waals surface area contributed by atoms with E-state index in [-0.39, 0.29) is 11.8 Å². The number of thiophene rings is 1. The van der Waals surface area contributed by atoms with Gasteiger partial charge in [0.1, 0.15) is 10.8 Å². The predicted molar refractivity (Wildman–Crippen MR) is 117 cm³/mol. The molecule has 1 unspecified atom stereocenters. The molecule has 0 saturated heterocycles. The van der Waals surface area contributed by atoms with Crippen LogP contribution in [0.2, 0.25) is 0 Å². The van der Waals surface area contributed by atoms with Gasteiger partial charge in [0.05, 0.1) is 18.2 Å². The lowest BCUT2D eigenvalue weighted by Crippen LogP contribution is -2.39. The number of amidine groups is 1. The molecule has 2 aromatic carbocycles. The summed E-state index contributed by atoms with van der Waals surface area (Å²) in [5, 5.41) is 17.8. The Kier molecular flexibility index (Phi) is 5.12. The van der Waals surface area contributed by atoms with Crippen LogP contribution in [-0.4, -0.2) is 18.4 Å². The minimum Gasteiger partial charge on any atom is -0.359 e. The average Bonchev–Trinajstić information content (AvgIpc) is 3.20. The number of hydrogen-bond donors (Lipinski definition) is 3. The third kappa shape index (κ3) is 3.51. The van der Waals surface area contributed by atoms with Gasteiger partial charge in [0.2, 0.25) is 5.91 Å². The monoisotopic (exact) mass is 390 g/mol. The Morgan fingerprint density at radius 2 is 1.93 bits per heavy atom. The van der Waals surface area contributed by atoms with Crippen molar-refractivity contribution in [2.24, 2.45) is 0 Å². The summed E-state index contributed by atoms with van der Waals surface area (Å²) in [4.78, 5) is 14.6. The van der Waals surface area contributed by atoms with Crippen LogP contribution in [0.25, 0.3) is 0 Å². The van der Waals surface area contributed by atoms with Crippen LogP contribution >= 0.6 is 11.3 Å². The number of carbonyl (C=O) groups excluding carboxylic acids is 1. The van der Waals surface area contributed by atoms with E-state index in [1.807, 2.05) is 77.9 Å². The van der Waals surface area contributed by atoms with Crippen LogP contribution in [0.4, 0.5) is 16.4 Å². The number of hydrogen-bond acceptors (Lipinski definition) is 4. The quantitative estimate of drug-likeness (QED) is 0.568. The minimum atomic E-state index is -0.169. The predicted octanol–water partition coefficient (Wildman–Crippen LogP) is 5.10. The van der Waals surface area contributed by atoms with E-state index < -0.39 is 0 Å². The molecule has 3 N–H and O–H groups in total. The largest absolute Gasteiger partial charge is 0.359 e. The number of nitrogens with one attached hydrogen (secondary N) is 3. The maximum absolute atomic E-state index is 12.7. The molecule has 1 atom stereocenters. The van der Waals surface area contributed by atoms with E-state index in [0.29, 0.717) is 12.5 Å².